The number of anilines is 1. The minimum Gasteiger partial charge on any atom is -0.399 e. The molecule has 1 aromatic rings. The fraction of sp³-hybridized carbons (Fsp3) is 0.600. The van der Waals surface area contributed by atoms with Crippen LogP contribution >= 0.6 is 0 Å². The van der Waals surface area contributed by atoms with Gasteiger partial charge in [0, 0.05) is 18.3 Å². The Bertz CT molecular complexity index is 331. The summed E-state index contributed by atoms with van der Waals surface area (Å²) < 4.78 is 0. The summed E-state index contributed by atoms with van der Waals surface area (Å²) in [6.07, 6.45) is 6.81. The lowest BCUT2D eigenvalue weighted by Crippen LogP contribution is -2.27. The standard InChI is InChI=1S/C15H24N2/c1-12-3-2-4-15(10-5-12)17-11-13-6-8-14(16)9-7-13/h6-9,12,15,17H,2-5,10-11,16H2,1H3. The summed E-state index contributed by atoms with van der Waals surface area (Å²) in [5.74, 6) is 0.915. The highest BCUT2D eigenvalue weighted by molar-refractivity contribution is 5.39. The smallest absolute Gasteiger partial charge is 0.0314 e. The average Bonchev–Trinajstić information content (AvgIpc) is 2.54. The van der Waals surface area contributed by atoms with Crippen molar-refractivity contribution in [2.75, 3.05) is 5.73 Å². The molecule has 94 valence electrons. The molecular formula is C15H24N2. The van der Waals surface area contributed by atoms with Gasteiger partial charge in [-0.05, 0) is 42.9 Å². The quantitative estimate of drug-likeness (QED) is 0.619. The molecule has 0 amide bonds. The summed E-state index contributed by atoms with van der Waals surface area (Å²) in [6, 6.07) is 8.89. The highest BCUT2D eigenvalue weighted by Gasteiger charge is 2.15. The normalized spacial score (nSPS) is 25.5. The predicted octanol–water partition coefficient (Wildman–Crippen LogP) is 3.33. The molecule has 2 atom stereocenters. The minimum atomic E-state index is 0.706. The summed E-state index contributed by atoms with van der Waals surface area (Å²) in [6.45, 7) is 3.35. The molecule has 3 N–H and O–H groups in total. The number of benzene rings is 1. The molecule has 1 fully saturated rings. The Kier molecular flexibility index (Phi) is 4.43. The predicted molar refractivity (Wildman–Crippen MR) is 73.7 cm³/mol. The molecule has 2 unspecified atom stereocenters. The van der Waals surface area contributed by atoms with E-state index in [2.05, 4.69) is 24.4 Å². The van der Waals surface area contributed by atoms with E-state index in [0.29, 0.717) is 6.04 Å². The van der Waals surface area contributed by atoms with Gasteiger partial charge in [0.25, 0.3) is 0 Å². The molecule has 1 aliphatic rings. The Balaban J connectivity index is 1.79. The second-order valence-electron chi connectivity index (χ2n) is 5.43. The van der Waals surface area contributed by atoms with Crippen LogP contribution in [0.25, 0.3) is 0 Å². The van der Waals surface area contributed by atoms with Crippen LogP contribution in [-0.2, 0) is 6.54 Å². The molecule has 0 bridgehead atoms. The number of rotatable bonds is 3. The molecule has 2 rings (SSSR count). The van der Waals surface area contributed by atoms with E-state index in [9.17, 15) is 0 Å². The van der Waals surface area contributed by atoms with Crippen LogP contribution in [0.3, 0.4) is 0 Å². The maximum Gasteiger partial charge on any atom is 0.0314 e. The van der Waals surface area contributed by atoms with Gasteiger partial charge in [0.05, 0.1) is 0 Å². The monoisotopic (exact) mass is 232 g/mol. The van der Waals surface area contributed by atoms with Gasteiger partial charge >= 0.3 is 0 Å². The number of nitrogens with two attached hydrogens (primary N) is 1. The highest BCUT2D eigenvalue weighted by atomic mass is 14.9. The SMILES string of the molecule is CC1CCCC(NCc2ccc(N)cc2)CC1. The van der Waals surface area contributed by atoms with E-state index in [1.807, 2.05) is 12.1 Å². The van der Waals surface area contributed by atoms with Crippen LogP contribution in [0.15, 0.2) is 24.3 Å². The van der Waals surface area contributed by atoms with Gasteiger partial charge in [-0.1, -0.05) is 31.9 Å². The Morgan fingerprint density at radius 1 is 1.12 bits per heavy atom. The van der Waals surface area contributed by atoms with Crippen LogP contribution in [0, 0.1) is 5.92 Å². The van der Waals surface area contributed by atoms with Crippen molar-refractivity contribution in [3.63, 3.8) is 0 Å². The lowest BCUT2D eigenvalue weighted by atomic mass is 10.0. The summed E-state index contributed by atoms with van der Waals surface area (Å²) in [4.78, 5) is 0. The summed E-state index contributed by atoms with van der Waals surface area (Å²) in [7, 11) is 0. The second-order valence-corrected chi connectivity index (χ2v) is 5.43. The van der Waals surface area contributed by atoms with E-state index in [1.54, 1.807) is 0 Å². The molecule has 0 radical (unpaired) electrons. The third kappa shape index (κ3) is 4.04. The van der Waals surface area contributed by atoms with Crippen LogP contribution in [0.2, 0.25) is 0 Å². The Morgan fingerprint density at radius 2 is 1.88 bits per heavy atom. The topological polar surface area (TPSA) is 38.0 Å². The van der Waals surface area contributed by atoms with E-state index in [1.165, 1.54) is 37.7 Å². The van der Waals surface area contributed by atoms with E-state index < -0.39 is 0 Å². The van der Waals surface area contributed by atoms with E-state index in [4.69, 9.17) is 5.73 Å². The van der Waals surface area contributed by atoms with Crippen molar-refractivity contribution in [1.29, 1.82) is 0 Å². The number of nitrogen functional groups attached to an aromatic ring is 1. The van der Waals surface area contributed by atoms with E-state index >= 15 is 0 Å². The largest absolute Gasteiger partial charge is 0.399 e. The number of nitrogens with one attached hydrogen (secondary N) is 1. The first-order valence-electron chi connectivity index (χ1n) is 6.82. The van der Waals surface area contributed by atoms with Crippen LogP contribution in [-0.4, -0.2) is 6.04 Å². The zero-order valence-electron chi connectivity index (χ0n) is 10.8. The van der Waals surface area contributed by atoms with Crippen molar-refractivity contribution >= 4 is 5.69 Å². The molecule has 2 heteroatoms. The molecule has 0 saturated heterocycles. The molecule has 1 aromatic carbocycles. The minimum absolute atomic E-state index is 0.706. The van der Waals surface area contributed by atoms with Crippen molar-refractivity contribution in [3.8, 4) is 0 Å². The van der Waals surface area contributed by atoms with Crippen LogP contribution in [0.4, 0.5) is 5.69 Å². The Hall–Kier alpha value is -1.02. The first-order chi connectivity index (χ1) is 8.24. The van der Waals surface area contributed by atoms with E-state index in [-0.39, 0.29) is 0 Å². The molecule has 0 spiro atoms. The second kappa shape index (κ2) is 6.06. The lowest BCUT2D eigenvalue weighted by Gasteiger charge is -2.16. The zero-order valence-corrected chi connectivity index (χ0v) is 10.8. The fourth-order valence-electron chi connectivity index (χ4n) is 2.59. The summed E-state index contributed by atoms with van der Waals surface area (Å²) in [5.41, 5.74) is 7.86. The fourth-order valence-corrected chi connectivity index (χ4v) is 2.59. The maximum absolute atomic E-state index is 5.68. The highest BCUT2D eigenvalue weighted by Crippen LogP contribution is 2.22. The molecule has 2 nitrogen and oxygen atoms in total. The molecule has 1 saturated carbocycles. The molecule has 1 aliphatic carbocycles. The lowest BCUT2D eigenvalue weighted by molar-refractivity contribution is 0.447. The molecule has 0 aliphatic heterocycles. The molecule has 0 aromatic heterocycles. The van der Waals surface area contributed by atoms with Gasteiger partial charge in [0.15, 0.2) is 0 Å². The van der Waals surface area contributed by atoms with Gasteiger partial charge in [-0.25, -0.2) is 0 Å². The number of hydrogen-bond acceptors (Lipinski definition) is 2. The zero-order chi connectivity index (χ0) is 12.1. The molecule has 17 heavy (non-hydrogen) atoms. The van der Waals surface area contributed by atoms with Crippen LogP contribution < -0.4 is 11.1 Å². The van der Waals surface area contributed by atoms with Crippen molar-refractivity contribution in [2.45, 2.75) is 51.6 Å². The van der Waals surface area contributed by atoms with Crippen molar-refractivity contribution < 1.29 is 0 Å². The van der Waals surface area contributed by atoms with Gasteiger partial charge in [-0.2, -0.15) is 0 Å². The van der Waals surface area contributed by atoms with Crippen LogP contribution in [0.1, 0.15) is 44.6 Å². The Morgan fingerprint density at radius 3 is 2.65 bits per heavy atom. The molecule has 0 heterocycles. The van der Waals surface area contributed by atoms with Crippen molar-refractivity contribution in [3.05, 3.63) is 29.8 Å². The van der Waals surface area contributed by atoms with Gasteiger partial charge in [0.1, 0.15) is 0 Å². The average molecular weight is 232 g/mol. The Labute approximate surface area is 105 Å². The van der Waals surface area contributed by atoms with Crippen molar-refractivity contribution in [2.24, 2.45) is 5.92 Å². The van der Waals surface area contributed by atoms with Gasteiger partial charge in [-0.3, -0.25) is 0 Å². The molecular weight excluding hydrogens is 208 g/mol. The maximum atomic E-state index is 5.68. The van der Waals surface area contributed by atoms with Crippen LogP contribution in [0.5, 0.6) is 0 Å². The summed E-state index contributed by atoms with van der Waals surface area (Å²) >= 11 is 0. The van der Waals surface area contributed by atoms with Crippen molar-refractivity contribution in [1.82, 2.24) is 5.32 Å². The van der Waals surface area contributed by atoms with Gasteiger partial charge in [0.2, 0.25) is 0 Å². The first-order valence-corrected chi connectivity index (χ1v) is 6.82. The van der Waals surface area contributed by atoms with Gasteiger partial charge in [-0.15, -0.1) is 0 Å². The number of hydrogen-bond donors (Lipinski definition) is 2. The third-order valence-corrected chi connectivity index (χ3v) is 3.83. The third-order valence-electron chi connectivity index (χ3n) is 3.83. The van der Waals surface area contributed by atoms with E-state index in [0.717, 1.165) is 18.2 Å². The van der Waals surface area contributed by atoms with Gasteiger partial charge < -0.3 is 11.1 Å². The first kappa shape index (κ1) is 12.4. The summed E-state index contributed by atoms with van der Waals surface area (Å²) in [5, 5.41) is 3.68.